The van der Waals surface area contributed by atoms with Gasteiger partial charge in [-0.05, 0) is 63.1 Å². The number of aryl methyl sites for hydroxylation is 3. The second kappa shape index (κ2) is 6.75. The van der Waals surface area contributed by atoms with Gasteiger partial charge in [0.05, 0.1) is 4.88 Å². The van der Waals surface area contributed by atoms with E-state index in [4.69, 9.17) is 0 Å². The average molecular weight is 381 g/mol. The zero-order chi connectivity index (χ0) is 18.4. The van der Waals surface area contributed by atoms with Gasteiger partial charge in [0.2, 0.25) is 5.78 Å². The van der Waals surface area contributed by atoms with E-state index in [2.05, 4.69) is 31.4 Å². The Balaban J connectivity index is 1.41. The Labute approximate surface area is 163 Å². The Bertz CT molecular complexity index is 981. The molecule has 0 radical (unpaired) electrons. The van der Waals surface area contributed by atoms with Gasteiger partial charge in [0, 0.05) is 47.7 Å². The zero-order valence-corrected chi connectivity index (χ0v) is 16.5. The van der Waals surface area contributed by atoms with Crippen molar-refractivity contribution < 1.29 is 4.79 Å². The molecule has 1 unspecified atom stereocenters. The third-order valence-electron chi connectivity index (χ3n) is 5.87. The van der Waals surface area contributed by atoms with E-state index in [9.17, 15) is 4.79 Å². The molecule has 0 bridgehead atoms. The minimum atomic E-state index is 0.215. The Morgan fingerprint density at radius 2 is 2.11 bits per heavy atom. The average Bonchev–Trinajstić information content (AvgIpc) is 3.33. The Kier molecular flexibility index (Phi) is 4.23. The van der Waals surface area contributed by atoms with E-state index in [1.165, 1.54) is 29.0 Å². The minimum Gasteiger partial charge on any atom is -0.337 e. The van der Waals surface area contributed by atoms with Gasteiger partial charge in [-0.2, -0.15) is 0 Å². The van der Waals surface area contributed by atoms with Crippen molar-refractivity contribution in [1.29, 1.82) is 0 Å². The highest BCUT2D eigenvalue weighted by Gasteiger charge is 2.29. The highest BCUT2D eigenvalue weighted by atomic mass is 32.1. The molecule has 1 atom stereocenters. The maximum absolute atomic E-state index is 13.2. The van der Waals surface area contributed by atoms with Crippen molar-refractivity contribution in [3.05, 3.63) is 51.2 Å². The van der Waals surface area contributed by atoms with Crippen LogP contribution in [0, 0.1) is 6.92 Å². The Morgan fingerprint density at radius 3 is 3.00 bits per heavy atom. The number of fused-ring (bicyclic) bond motifs is 2. The fraction of sp³-hybridized carbons (Fsp3) is 0.476. The number of hydrogen-bond donors (Lipinski definition) is 0. The SMILES string of the molecule is Cc1cc(C2CCCN(C(=O)c3cc4c(s3)CCCC4)C2)n2ccnc2n1. The second-order valence-electron chi connectivity index (χ2n) is 7.78. The molecule has 0 saturated carbocycles. The van der Waals surface area contributed by atoms with Crippen LogP contribution in [0.1, 0.15) is 63.1 Å². The zero-order valence-electron chi connectivity index (χ0n) is 15.6. The quantitative estimate of drug-likeness (QED) is 0.675. The number of thiophene rings is 1. The fourth-order valence-corrected chi connectivity index (χ4v) is 5.74. The van der Waals surface area contributed by atoms with Crippen molar-refractivity contribution in [2.24, 2.45) is 0 Å². The summed E-state index contributed by atoms with van der Waals surface area (Å²) in [7, 11) is 0. The molecule has 1 aliphatic carbocycles. The maximum Gasteiger partial charge on any atom is 0.263 e. The number of imidazole rings is 1. The molecular weight excluding hydrogens is 356 g/mol. The molecule has 140 valence electrons. The molecule has 27 heavy (non-hydrogen) atoms. The Hall–Kier alpha value is -2.21. The lowest BCUT2D eigenvalue weighted by Gasteiger charge is -2.33. The summed E-state index contributed by atoms with van der Waals surface area (Å²) in [6, 6.07) is 4.31. The summed E-state index contributed by atoms with van der Waals surface area (Å²) in [5.41, 5.74) is 3.61. The van der Waals surface area contributed by atoms with Gasteiger partial charge < -0.3 is 4.90 Å². The van der Waals surface area contributed by atoms with Crippen LogP contribution < -0.4 is 0 Å². The highest BCUT2D eigenvalue weighted by molar-refractivity contribution is 7.14. The maximum atomic E-state index is 13.2. The number of nitrogens with zero attached hydrogens (tertiary/aromatic N) is 4. The van der Waals surface area contributed by atoms with Gasteiger partial charge in [0.1, 0.15) is 0 Å². The molecule has 0 N–H and O–H groups in total. The van der Waals surface area contributed by atoms with Gasteiger partial charge >= 0.3 is 0 Å². The van der Waals surface area contributed by atoms with Crippen molar-refractivity contribution in [1.82, 2.24) is 19.3 Å². The summed E-state index contributed by atoms with van der Waals surface area (Å²) < 4.78 is 2.08. The molecule has 0 aromatic carbocycles. The number of amides is 1. The van der Waals surface area contributed by atoms with Crippen LogP contribution >= 0.6 is 11.3 Å². The number of carbonyl (C=O) groups excluding carboxylic acids is 1. The number of aromatic nitrogens is 3. The third-order valence-corrected chi connectivity index (χ3v) is 7.09. The largest absolute Gasteiger partial charge is 0.337 e. The first-order chi connectivity index (χ1) is 13.2. The lowest BCUT2D eigenvalue weighted by atomic mass is 9.93. The smallest absolute Gasteiger partial charge is 0.263 e. The lowest BCUT2D eigenvalue weighted by Crippen LogP contribution is -2.39. The molecule has 1 aliphatic heterocycles. The van der Waals surface area contributed by atoms with Crippen LogP contribution in [0.25, 0.3) is 5.78 Å². The molecule has 5 rings (SSSR count). The number of carbonyl (C=O) groups is 1. The Morgan fingerprint density at radius 1 is 1.22 bits per heavy atom. The topological polar surface area (TPSA) is 50.5 Å². The van der Waals surface area contributed by atoms with Crippen LogP contribution in [0.3, 0.4) is 0 Å². The summed E-state index contributed by atoms with van der Waals surface area (Å²) in [5.74, 6) is 1.29. The van der Waals surface area contributed by atoms with Crippen LogP contribution in [0.4, 0.5) is 0 Å². The minimum absolute atomic E-state index is 0.215. The first-order valence-electron chi connectivity index (χ1n) is 9.90. The van der Waals surface area contributed by atoms with Crippen LogP contribution in [0.2, 0.25) is 0 Å². The van der Waals surface area contributed by atoms with Gasteiger partial charge in [0.25, 0.3) is 5.91 Å². The molecule has 1 saturated heterocycles. The van der Waals surface area contributed by atoms with Crippen molar-refractivity contribution in [3.63, 3.8) is 0 Å². The molecule has 3 aromatic rings. The summed E-state index contributed by atoms with van der Waals surface area (Å²) in [6.07, 6.45) is 10.7. The number of likely N-dealkylation sites (tertiary alicyclic amines) is 1. The van der Waals surface area contributed by atoms with E-state index in [1.54, 1.807) is 17.5 Å². The molecule has 3 aromatic heterocycles. The monoisotopic (exact) mass is 380 g/mol. The summed E-state index contributed by atoms with van der Waals surface area (Å²) in [4.78, 5) is 26.5. The van der Waals surface area contributed by atoms with E-state index < -0.39 is 0 Å². The van der Waals surface area contributed by atoms with Crippen molar-refractivity contribution in [2.45, 2.75) is 51.4 Å². The fourth-order valence-electron chi connectivity index (χ4n) is 4.52. The van der Waals surface area contributed by atoms with Crippen LogP contribution in [0.15, 0.2) is 24.5 Å². The van der Waals surface area contributed by atoms with Gasteiger partial charge in [0.15, 0.2) is 0 Å². The number of hydrogen-bond acceptors (Lipinski definition) is 4. The number of piperidine rings is 1. The van der Waals surface area contributed by atoms with Crippen molar-refractivity contribution in [3.8, 4) is 0 Å². The van der Waals surface area contributed by atoms with E-state index in [0.29, 0.717) is 5.92 Å². The molecule has 6 heteroatoms. The van der Waals surface area contributed by atoms with Crippen LogP contribution in [-0.2, 0) is 12.8 Å². The van der Waals surface area contributed by atoms with Gasteiger partial charge in [-0.15, -0.1) is 11.3 Å². The second-order valence-corrected chi connectivity index (χ2v) is 8.91. The van der Waals surface area contributed by atoms with E-state index >= 15 is 0 Å². The summed E-state index contributed by atoms with van der Waals surface area (Å²) in [6.45, 7) is 3.65. The van der Waals surface area contributed by atoms with Crippen LogP contribution in [-0.4, -0.2) is 38.3 Å². The van der Waals surface area contributed by atoms with Gasteiger partial charge in [-0.3, -0.25) is 9.20 Å². The molecular formula is C21H24N4OS. The predicted molar refractivity (Wildman–Crippen MR) is 107 cm³/mol. The standard InChI is InChI=1S/C21H24N4OS/c1-14-11-17(25-10-8-22-21(25)23-14)16-6-4-9-24(13-16)20(26)19-12-15-5-2-3-7-18(15)27-19/h8,10-12,16H,2-7,9,13H2,1H3. The van der Waals surface area contributed by atoms with Crippen molar-refractivity contribution in [2.75, 3.05) is 13.1 Å². The molecule has 1 fully saturated rings. The molecule has 0 spiro atoms. The van der Waals surface area contributed by atoms with Crippen molar-refractivity contribution >= 4 is 23.0 Å². The first-order valence-corrected chi connectivity index (χ1v) is 10.7. The van der Waals surface area contributed by atoms with Gasteiger partial charge in [-0.25, -0.2) is 9.97 Å². The highest BCUT2D eigenvalue weighted by Crippen LogP contribution is 2.33. The third kappa shape index (κ3) is 3.06. The van der Waals surface area contributed by atoms with Crippen LogP contribution in [0.5, 0.6) is 0 Å². The summed E-state index contributed by atoms with van der Waals surface area (Å²) in [5, 5.41) is 0. The summed E-state index contributed by atoms with van der Waals surface area (Å²) >= 11 is 1.72. The lowest BCUT2D eigenvalue weighted by molar-refractivity contribution is 0.0710. The molecule has 2 aliphatic rings. The van der Waals surface area contributed by atoms with E-state index in [-0.39, 0.29) is 5.91 Å². The molecule has 5 nitrogen and oxygen atoms in total. The molecule has 1 amide bonds. The van der Waals surface area contributed by atoms with E-state index in [1.807, 2.05) is 13.1 Å². The van der Waals surface area contributed by atoms with Gasteiger partial charge in [-0.1, -0.05) is 0 Å². The number of rotatable bonds is 2. The normalized spacial score (nSPS) is 20.0. The molecule has 4 heterocycles. The van der Waals surface area contributed by atoms with E-state index in [0.717, 1.165) is 55.1 Å². The predicted octanol–water partition coefficient (Wildman–Crippen LogP) is 4.00. The first kappa shape index (κ1) is 16.9.